The smallest absolute Gasteiger partial charge is 0.104 e. The molecule has 1 N–H and O–H groups in total. The second-order valence-corrected chi connectivity index (χ2v) is 6.85. The second-order valence-electron chi connectivity index (χ2n) is 6.85. The fourth-order valence-electron chi connectivity index (χ4n) is 3.19. The van der Waals surface area contributed by atoms with Gasteiger partial charge in [0.15, 0.2) is 0 Å². The molecule has 4 nitrogen and oxygen atoms in total. The molecule has 0 amide bonds. The highest BCUT2D eigenvalue weighted by molar-refractivity contribution is 5.04. The first-order valence-corrected chi connectivity index (χ1v) is 7.98. The van der Waals surface area contributed by atoms with Crippen LogP contribution < -0.4 is 5.32 Å². The van der Waals surface area contributed by atoms with Crippen LogP contribution in [-0.2, 0) is 0 Å². The number of likely N-dealkylation sites (N-methyl/N-ethyl adjacent to an activating group) is 1. The number of hydrogen-bond donors (Lipinski definition) is 1. The highest BCUT2D eigenvalue weighted by Gasteiger charge is 2.25. The van der Waals surface area contributed by atoms with Crippen LogP contribution >= 0.6 is 0 Å². The maximum Gasteiger partial charge on any atom is 0.104 e. The summed E-state index contributed by atoms with van der Waals surface area (Å²) in [7, 11) is 2.21. The molecular formula is C16H32N4. The summed E-state index contributed by atoms with van der Waals surface area (Å²) in [5.74, 6) is 0. The monoisotopic (exact) mass is 280 g/mol. The summed E-state index contributed by atoms with van der Waals surface area (Å²) in [6, 6.07) is 3.41. The van der Waals surface area contributed by atoms with Gasteiger partial charge in [0, 0.05) is 18.6 Å². The molecule has 2 unspecified atom stereocenters. The van der Waals surface area contributed by atoms with E-state index < -0.39 is 0 Å². The van der Waals surface area contributed by atoms with Crippen molar-refractivity contribution in [3.63, 3.8) is 0 Å². The van der Waals surface area contributed by atoms with Gasteiger partial charge in [-0.2, -0.15) is 5.26 Å². The predicted molar refractivity (Wildman–Crippen MR) is 84.7 cm³/mol. The summed E-state index contributed by atoms with van der Waals surface area (Å²) in [6.45, 7) is 13.2. The van der Waals surface area contributed by atoms with Crippen LogP contribution in [0.25, 0.3) is 0 Å². The molecule has 0 aliphatic carbocycles. The zero-order chi connectivity index (χ0) is 15.2. The fraction of sp³-hybridized carbons (Fsp3) is 0.938. The molecule has 0 bridgehead atoms. The van der Waals surface area contributed by atoms with Gasteiger partial charge in [-0.15, -0.1) is 0 Å². The Morgan fingerprint density at radius 1 is 1.40 bits per heavy atom. The molecule has 1 fully saturated rings. The van der Waals surface area contributed by atoms with Gasteiger partial charge in [0.25, 0.3) is 0 Å². The number of rotatable bonds is 6. The van der Waals surface area contributed by atoms with Gasteiger partial charge >= 0.3 is 0 Å². The van der Waals surface area contributed by atoms with E-state index in [1.54, 1.807) is 0 Å². The van der Waals surface area contributed by atoms with Crippen molar-refractivity contribution < 1.29 is 0 Å². The third kappa shape index (κ3) is 5.78. The minimum Gasteiger partial charge on any atom is -0.305 e. The Labute approximate surface area is 125 Å². The lowest BCUT2D eigenvalue weighted by Gasteiger charge is -2.30. The first kappa shape index (κ1) is 17.4. The van der Waals surface area contributed by atoms with Crippen LogP contribution in [-0.4, -0.2) is 60.6 Å². The Kier molecular flexibility index (Phi) is 6.94. The van der Waals surface area contributed by atoms with Gasteiger partial charge < -0.3 is 4.90 Å². The fourth-order valence-corrected chi connectivity index (χ4v) is 3.19. The van der Waals surface area contributed by atoms with Crippen molar-refractivity contribution in [2.75, 3.05) is 33.2 Å². The predicted octanol–water partition coefficient (Wildman–Crippen LogP) is 2.07. The Morgan fingerprint density at radius 3 is 2.70 bits per heavy atom. The van der Waals surface area contributed by atoms with Gasteiger partial charge in [0.05, 0.1) is 6.07 Å². The summed E-state index contributed by atoms with van der Waals surface area (Å²) >= 11 is 0. The third-order valence-electron chi connectivity index (χ3n) is 4.16. The molecule has 20 heavy (non-hydrogen) atoms. The molecule has 1 aliphatic heterocycles. The SMILES string of the molecule is CC(C)NC(C)(C#N)CCCN1CCCN(C)CC1C. The van der Waals surface area contributed by atoms with E-state index in [0.717, 1.165) is 25.9 Å². The molecule has 1 rings (SSSR count). The molecule has 116 valence electrons. The molecule has 4 heteroatoms. The van der Waals surface area contributed by atoms with Crippen molar-refractivity contribution in [3.05, 3.63) is 0 Å². The number of nitrogens with zero attached hydrogens (tertiary/aromatic N) is 3. The standard InChI is InChI=1S/C16H32N4/c1-14(2)18-16(4,13-17)8-6-10-20-11-7-9-19(5)12-15(20)3/h14-15,18H,6-12H2,1-5H3. The second kappa shape index (κ2) is 7.97. The minimum absolute atomic E-state index is 0.352. The van der Waals surface area contributed by atoms with Crippen LogP contribution in [0.15, 0.2) is 0 Å². The molecule has 1 heterocycles. The van der Waals surface area contributed by atoms with Gasteiger partial charge in [0.2, 0.25) is 0 Å². The van der Waals surface area contributed by atoms with E-state index in [2.05, 4.69) is 49.0 Å². The lowest BCUT2D eigenvalue weighted by molar-refractivity contribution is 0.193. The zero-order valence-corrected chi connectivity index (χ0v) is 13.9. The van der Waals surface area contributed by atoms with Crippen molar-refractivity contribution >= 4 is 0 Å². The highest BCUT2D eigenvalue weighted by Crippen LogP contribution is 2.15. The van der Waals surface area contributed by atoms with E-state index in [4.69, 9.17) is 0 Å². The lowest BCUT2D eigenvalue weighted by Crippen LogP contribution is -2.46. The summed E-state index contributed by atoms with van der Waals surface area (Å²) in [5.41, 5.74) is -0.389. The van der Waals surface area contributed by atoms with Gasteiger partial charge in [-0.3, -0.25) is 10.2 Å². The molecule has 0 radical (unpaired) electrons. The molecule has 1 aliphatic rings. The van der Waals surface area contributed by atoms with Crippen LogP contribution in [0.3, 0.4) is 0 Å². The minimum atomic E-state index is -0.389. The highest BCUT2D eigenvalue weighted by atomic mass is 15.2. The molecule has 1 saturated heterocycles. The summed E-state index contributed by atoms with van der Waals surface area (Å²) in [6.07, 6.45) is 3.25. The van der Waals surface area contributed by atoms with Crippen LogP contribution in [0, 0.1) is 11.3 Å². The Balaban J connectivity index is 2.40. The van der Waals surface area contributed by atoms with E-state index >= 15 is 0 Å². The quantitative estimate of drug-likeness (QED) is 0.809. The molecule has 0 aromatic rings. The summed E-state index contributed by atoms with van der Waals surface area (Å²) in [5, 5.41) is 12.8. The van der Waals surface area contributed by atoms with Gasteiger partial charge in [-0.05, 0) is 73.6 Å². The molecule has 0 aromatic heterocycles. The topological polar surface area (TPSA) is 42.3 Å². The van der Waals surface area contributed by atoms with Crippen molar-refractivity contribution in [2.45, 2.75) is 64.6 Å². The van der Waals surface area contributed by atoms with E-state index in [9.17, 15) is 5.26 Å². The summed E-state index contributed by atoms with van der Waals surface area (Å²) < 4.78 is 0. The third-order valence-corrected chi connectivity index (χ3v) is 4.16. The van der Waals surface area contributed by atoms with Gasteiger partial charge in [-0.25, -0.2) is 0 Å². The Bertz CT molecular complexity index is 323. The van der Waals surface area contributed by atoms with E-state index in [1.165, 1.54) is 19.5 Å². The first-order valence-electron chi connectivity index (χ1n) is 7.98. The number of nitriles is 1. The molecule has 2 atom stereocenters. The number of nitrogens with one attached hydrogen (secondary N) is 1. The van der Waals surface area contributed by atoms with E-state index in [1.807, 2.05) is 6.92 Å². The number of hydrogen-bond acceptors (Lipinski definition) is 4. The van der Waals surface area contributed by atoms with Gasteiger partial charge in [-0.1, -0.05) is 0 Å². The van der Waals surface area contributed by atoms with Gasteiger partial charge in [0.1, 0.15) is 5.54 Å². The maximum atomic E-state index is 9.37. The Hall–Kier alpha value is -0.630. The Morgan fingerprint density at radius 2 is 2.10 bits per heavy atom. The first-order chi connectivity index (χ1) is 9.36. The maximum absolute atomic E-state index is 9.37. The average Bonchev–Trinajstić information content (AvgIpc) is 2.50. The molecular weight excluding hydrogens is 248 g/mol. The largest absolute Gasteiger partial charge is 0.305 e. The molecule has 0 aromatic carbocycles. The average molecular weight is 280 g/mol. The van der Waals surface area contributed by atoms with Crippen LogP contribution in [0.1, 0.15) is 47.0 Å². The normalized spacial score (nSPS) is 25.1. The lowest BCUT2D eigenvalue weighted by atomic mass is 9.96. The van der Waals surface area contributed by atoms with Crippen molar-refractivity contribution in [1.29, 1.82) is 5.26 Å². The zero-order valence-electron chi connectivity index (χ0n) is 13.9. The van der Waals surface area contributed by atoms with E-state index in [0.29, 0.717) is 12.1 Å². The van der Waals surface area contributed by atoms with E-state index in [-0.39, 0.29) is 5.54 Å². The van der Waals surface area contributed by atoms with Crippen molar-refractivity contribution in [3.8, 4) is 6.07 Å². The van der Waals surface area contributed by atoms with Crippen molar-refractivity contribution in [1.82, 2.24) is 15.1 Å². The van der Waals surface area contributed by atoms with Crippen LogP contribution in [0.4, 0.5) is 0 Å². The summed E-state index contributed by atoms with van der Waals surface area (Å²) in [4.78, 5) is 5.00. The van der Waals surface area contributed by atoms with Crippen LogP contribution in [0.2, 0.25) is 0 Å². The molecule has 0 spiro atoms. The van der Waals surface area contributed by atoms with Crippen LogP contribution in [0.5, 0.6) is 0 Å². The molecule has 0 saturated carbocycles. The van der Waals surface area contributed by atoms with Crippen molar-refractivity contribution in [2.24, 2.45) is 0 Å².